The van der Waals surface area contributed by atoms with Gasteiger partial charge in [-0.15, -0.1) is 13.2 Å². The Morgan fingerprint density at radius 1 is 1.07 bits per heavy atom. The van der Waals surface area contributed by atoms with Gasteiger partial charge in [0.15, 0.2) is 12.4 Å². The number of hydrogen-bond acceptors (Lipinski definition) is 8. The van der Waals surface area contributed by atoms with Crippen molar-refractivity contribution in [2.24, 2.45) is 5.73 Å². The van der Waals surface area contributed by atoms with Crippen LogP contribution in [-0.2, 0) is 25.6 Å². The summed E-state index contributed by atoms with van der Waals surface area (Å²) in [6.07, 6.45) is -2.48. The average molecular weight is 650 g/mol. The molecule has 3 N–H and O–H groups in total. The number of carboxylic acids is 1. The first-order chi connectivity index (χ1) is 21.6. The number of ether oxygens (including phenoxy) is 4. The van der Waals surface area contributed by atoms with Gasteiger partial charge in [0.2, 0.25) is 0 Å². The van der Waals surface area contributed by atoms with Crippen LogP contribution in [0.1, 0.15) is 67.1 Å². The molecule has 46 heavy (non-hydrogen) atoms. The van der Waals surface area contributed by atoms with Crippen molar-refractivity contribution in [3.63, 3.8) is 0 Å². The lowest BCUT2D eigenvalue weighted by Crippen LogP contribution is -2.38. The minimum atomic E-state index is -4.92. The van der Waals surface area contributed by atoms with E-state index in [0.29, 0.717) is 48.2 Å². The van der Waals surface area contributed by atoms with Crippen molar-refractivity contribution in [3.8, 4) is 11.5 Å². The summed E-state index contributed by atoms with van der Waals surface area (Å²) in [5, 5.41) is 9.50. The Kier molecular flexibility index (Phi) is 10.5. The van der Waals surface area contributed by atoms with Gasteiger partial charge < -0.3 is 39.3 Å². The first-order valence-corrected chi connectivity index (χ1v) is 14.7. The Labute approximate surface area is 263 Å². The van der Waals surface area contributed by atoms with Crippen LogP contribution >= 0.6 is 0 Å². The largest absolute Gasteiger partial charge is 0.573 e. The van der Waals surface area contributed by atoms with Gasteiger partial charge in [0.05, 0.1) is 17.7 Å². The summed E-state index contributed by atoms with van der Waals surface area (Å²) < 4.78 is 61.4. The number of piperidine rings is 1. The molecule has 4 rings (SSSR count). The number of esters is 1. The van der Waals surface area contributed by atoms with Crippen LogP contribution in [0.5, 0.6) is 11.5 Å². The number of carbonyl (C=O) groups is 3. The molecule has 1 aromatic heterocycles. The Hall–Kier alpha value is -4.30. The van der Waals surface area contributed by atoms with Crippen LogP contribution in [0.15, 0.2) is 42.6 Å². The Morgan fingerprint density at radius 2 is 1.76 bits per heavy atom. The number of aliphatic carboxylic acids is 1. The molecule has 1 atom stereocenters. The molecular formula is C32H38F3N3O8. The fraction of sp³-hybridized carbons (Fsp3) is 0.469. The summed E-state index contributed by atoms with van der Waals surface area (Å²) in [4.78, 5) is 39.3. The lowest BCUT2D eigenvalue weighted by Gasteiger charge is -2.33. The van der Waals surface area contributed by atoms with Crippen LogP contribution in [0.3, 0.4) is 0 Å². The molecule has 14 heteroatoms. The van der Waals surface area contributed by atoms with E-state index in [2.05, 4.69) is 4.74 Å². The summed E-state index contributed by atoms with van der Waals surface area (Å²) in [5.41, 5.74) is 6.95. The van der Waals surface area contributed by atoms with Gasteiger partial charge in [-0.1, -0.05) is 18.2 Å². The van der Waals surface area contributed by atoms with Crippen LogP contribution in [0.4, 0.5) is 13.2 Å². The standard InChI is InChI=1S/C32H38F3N3O8/c1-31(2,3)46-30(42)27(36)20-8-9-24(44-18-26(39)40)22(16-20)19-10-12-37(13-11-19)29(41)23-17-38(14-15-43-4)28-21(23)6-5-7-25(28)45-32(33,34)35/h5-9,16-17,19,27H,10-15,18,36H2,1-4H3,(H,39,40). The zero-order valence-corrected chi connectivity index (χ0v) is 26.1. The van der Waals surface area contributed by atoms with Gasteiger partial charge in [-0.05, 0) is 68.9 Å². The molecule has 250 valence electrons. The molecule has 0 radical (unpaired) electrons. The average Bonchev–Trinajstić information content (AvgIpc) is 3.36. The molecule has 2 aromatic carbocycles. The van der Waals surface area contributed by atoms with Crippen molar-refractivity contribution >= 4 is 28.7 Å². The molecule has 1 unspecified atom stereocenters. The van der Waals surface area contributed by atoms with Crippen LogP contribution in [0.25, 0.3) is 10.9 Å². The van der Waals surface area contributed by atoms with Crippen LogP contribution < -0.4 is 15.2 Å². The van der Waals surface area contributed by atoms with Gasteiger partial charge in [0, 0.05) is 38.3 Å². The summed E-state index contributed by atoms with van der Waals surface area (Å²) >= 11 is 0. The molecule has 1 fully saturated rings. The van der Waals surface area contributed by atoms with E-state index in [1.54, 1.807) is 49.9 Å². The van der Waals surface area contributed by atoms with E-state index >= 15 is 0 Å². The van der Waals surface area contributed by atoms with Crippen molar-refractivity contribution in [1.29, 1.82) is 0 Å². The predicted octanol–water partition coefficient (Wildman–Crippen LogP) is 5.01. The van der Waals surface area contributed by atoms with Crippen LogP contribution in [-0.4, -0.2) is 77.8 Å². The maximum Gasteiger partial charge on any atom is 0.573 e. The topological polar surface area (TPSA) is 143 Å². The minimum absolute atomic E-state index is 0.133. The molecule has 2 heterocycles. The third-order valence-corrected chi connectivity index (χ3v) is 7.48. The Balaban J connectivity index is 1.58. The van der Waals surface area contributed by atoms with Crippen molar-refractivity contribution in [3.05, 3.63) is 59.3 Å². The zero-order valence-electron chi connectivity index (χ0n) is 26.1. The number of nitrogens with two attached hydrogens (primary N) is 1. The Morgan fingerprint density at radius 3 is 2.37 bits per heavy atom. The van der Waals surface area contributed by atoms with E-state index in [0.717, 1.165) is 0 Å². The quantitative estimate of drug-likeness (QED) is 0.274. The normalized spacial score (nSPS) is 15.1. The second-order valence-corrected chi connectivity index (χ2v) is 12.0. The molecule has 0 aliphatic carbocycles. The van der Waals surface area contributed by atoms with Gasteiger partial charge in [-0.2, -0.15) is 0 Å². The van der Waals surface area contributed by atoms with Crippen molar-refractivity contribution in [2.75, 3.05) is 33.4 Å². The molecule has 1 aliphatic heterocycles. The molecule has 0 saturated carbocycles. The lowest BCUT2D eigenvalue weighted by atomic mass is 9.87. The smallest absolute Gasteiger partial charge is 0.482 e. The van der Waals surface area contributed by atoms with E-state index in [9.17, 15) is 32.7 Å². The number of carbonyl (C=O) groups excluding carboxylic acids is 2. The number of aromatic nitrogens is 1. The fourth-order valence-electron chi connectivity index (χ4n) is 5.48. The van der Waals surface area contributed by atoms with Crippen LogP contribution in [0.2, 0.25) is 0 Å². The number of likely N-dealkylation sites (tertiary alicyclic amines) is 1. The number of para-hydroxylation sites is 1. The number of rotatable bonds is 11. The van der Waals surface area contributed by atoms with E-state index < -0.39 is 42.3 Å². The lowest BCUT2D eigenvalue weighted by molar-refractivity contribution is -0.274. The Bertz CT molecular complexity index is 1570. The summed E-state index contributed by atoms with van der Waals surface area (Å²) in [6, 6.07) is 7.96. The highest BCUT2D eigenvalue weighted by molar-refractivity contribution is 6.08. The van der Waals surface area contributed by atoms with E-state index in [4.69, 9.17) is 19.9 Å². The second-order valence-electron chi connectivity index (χ2n) is 12.0. The number of nitrogens with zero attached hydrogens (tertiary/aromatic N) is 2. The monoisotopic (exact) mass is 649 g/mol. The number of fused-ring (bicyclic) bond motifs is 1. The SMILES string of the molecule is COCCn1cc(C(=O)N2CCC(c3cc(C(N)C(=O)OC(C)(C)C)ccc3OCC(=O)O)CC2)c2cccc(OC(F)(F)F)c21. The van der Waals surface area contributed by atoms with Crippen molar-refractivity contribution in [2.45, 2.75) is 64.1 Å². The van der Waals surface area contributed by atoms with Crippen molar-refractivity contribution < 1.29 is 51.6 Å². The second kappa shape index (κ2) is 14.0. The fourth-order valence-corrected chi connectivity index (χ4v) is 5.48. The van der Waals surface area contributed by atoms with Gasteiger partial charge in [0.25, 0.3) is 5.91 Å². The number of methoxy groups -OCH3 is 1. The van der Waals surface area contributed by atoms with Gasteiger partial charge in [-0.25, -0.2) is 9.59 Å². The molecule has 11 nitrogen and oxygen atoms in total. The molecule has 0 spiro atoms. The first kappa shape index (κ1) is 34.6. The minimum Gasteiger partial charge on any atom is -0.482 e. The van der Waals surface area contributed by atoms with E-state index in [1.807, 2.05) is 0 Å². The molecule has 3 aromatic rings. The molecule has 0 bridgehead atoms. The molecule has 1 saturated heterocycles. The molecular weight excluding hydrogens is 611 g/mol. The third kappa shape index (κ3) is 8.49. The number of hydrogen-bond donors (Lipinski definition) is 2. The van der Waals surface area contributed by atoms with E-state index in [-0.39, 0.29) is 36.1 Å². The highest BCUT2D eigenvalue weighted by atomic mass is 19.4. The predicted molar refractivity (Wildman–Crippen MR) is 161 cm³/mol. The van der Waals surface area contributed by atoms with Gasteiger partial charge in [0.1, 0.15) is 17.4 Å². The number of amides is 1. The maximum atomic E-state index is 13.8. The van der Waals surface area contributed by atoms with Crippen molar-refractivity contribution in [1.82, 2.24) is 9.47 Å². The summed E-state index contributed by atoms with van der Waals surface area (Å²) in [5.74, 6) is -2.40. The third-order valence-electron chi connectivity index (χ3n) is 7.48. The maximum absolute atomic E-state index is 13.8. The van der Waals surface area contributed by atoms with Crippen LogP contribution in [0, 0.1) is 0 Å². The highest BCUT2D eigenvalue weighted by Crippen LogP contribution is 2.38. The molecule has 1 amide bonds. The van der Waals surface area contributed by atoms with E-state index in [1.165, 1.54) is 30.0 Å². The summed E-state index contributed by atoms with van der Waals surface area (Å²) in [6.45, 7) is 5.61. The number of carboxylic acid groups (broad SMARTS) is 1. The summed E-state index contributed by atoms with van der Waals surface area (Å²) in [7, 11) is 1.47. The van der Waals surface area contributed by atoms with Gasteiger partial charge >= 0.3 is 18.3 Å². The number of benzene rings is 2. The number of alkyl halides is 3. The van der Waals surface area contributed by atoms with Gasteiger partial charge in [-0.3, -0.25) is 4.79 Å². The molecule has 1 aliphatic rings. The zero-order chi connectivity index (χ0) is 33.8. The number of halogens is 3. The highest BCUT2D eigenvalue weighted by Gasteiger charge is 2.34. The first-order valence-electron chi connectivity index (χ1n) is 14.7.